The summed E-state index contributed by atoms with van der Waals surface area (Å²) < 4.78 is 10.7. The van der Waals surface area contributed by atoms with E-state index in [1.165, 1.54) is 18.0 Å². The van der Waals surface area contributed by atoms with E-state index in [0.29, 0.717) is 16.9 Å². The van der Waals surface area contributed by atoms with Gasteiger partial charge in [-0.3, -0.25) is 4.79 Å². The average molecular weight is 391 g/mol. The smallest absolute Gasteiger partial charge is 0.284 e. The molecular weight excluding hydrogens is 374 g/mol. The maximum atomic E-state index is 12.6. The van der Waals surface area contributed by atoms with E-state index in [2.05, 4.69) is 15.5 Å². The highest BCUT2D eigenvalue weighted by Crippen LogP contribution is 2.25. The van der Waals surface area contributed by atoms with Crippen molar-refractivity contribution in [3.05, 3.63) is 90.2 Å². The predicted octanol–water partition coefficient (Wildman–Crippen LogP) is 4.33. The fourth-order valence-corrected chi connectivity index (χ4v) is 3.32. The van der Waals surface area contributed by atoms with Crippen LogP contribution in [-0.2, 0) is 4.79 Å². The van der Waals surface area contributed by atoms with Gasteiger partial charge in [-0.1, -0.05) is 72.4 Å². The summed E-state index contributed by atoms with van der Waals surface area (Å²) in [6, 6.07) is 23.0. The number of rotatable bonds is 7. The molecule has 0 atom stereocenters. The van der Waals surface area contributed by atoms with E-state index in [4.69, 9.17) is 8.83 Å². The lowest BCUT2D eigenvalue weighted by atomic mass is 9.99. The van der Waals surface area contributed by atoms with Crippen LogP contribution in [0.15, 0.2) is 93.1 Å². The molecule has 28 heavy (non-hydrogen) atoms. The molecular formula is C21H17N3O3S. The van der Waals surface area contributed by atoms with Crippen molar-refractivity contribution in [2.45, 2.75) is 11.3 Å². The Morgan fingerprint density at radius 3 is 2.21 bits per heavy atom. The zero-order chi connectivity index (χ0) is 19.2. The highest BCUT2D eigenvalue weighted by Gasteiger charge is 2.18. The largest absolute Gasteiger partial charge is 0.459 e. The first-order valence-corrected chi connectivity index (χ1v) is 9.67. The molecule has 2 heterocycles. The van der Waals surface area contributed by atoms with Gasteiger partial charge in [-0.05, 0) is 23.3 Å². The molecule has 140 valence electrons. The van der Waals surface area contributed by atoms with E-state index in [-0.39, 0.29) is 17.7 Å². The Hall–Kier alpha value is -3.32. The first-order chi connectivity index (χ1) is 13.8. The number of nitrogens with one attached hydrogen (secondary N) is 1. The zero-order valence-electron chi connectivity index (χ0n) is 14.8. The van der Waals surface area contributed by atoms with Crippen molar-refractivity contribution in [1.29, 1.82) is 0 Å². The molecule has 2 aromatic carbocycles. The summed E-state index contributed by atoms with van der Waals surface area (Å²) in [5, 5.41) is 11.3. The van der Waals surface area contributed by atoms with Crippen molar-refractivity contribution in [2.75, 3.05) is 5.75 Å². The van der Waals surface area contributed by atoms with Crippen molar-refractivity contribution in [3.63, 3.8) is 0 Å². The minimum atomic E-state index is -0.225. The second-order valence-corrected chi connectivity index (χ2v) is 6.89. The number of nitrogens with zero attached hydrogens (tertiary/aromatic N) is 2. The lowest BCUT2D eigenvalue weighted by molar-refractivity contribution is -0.119. The molecule has 4 aromatic rings. The molecule has 0 fully saturated rings. The Morgan fingerprint density at radius 1 is 0.929 bits per heavy atom. The minimum absolute atomic E-state index is 0.125. The third-order valence-electron chi connectivity index (χ3n) is 4.04. The molecule has 1 amide bonds. The normalized spacial score (nSPS) is 10.9. The molecule has 4 rings (SSSR count). The number of carbonyl (C=O) groups is 1. The van der Waals surface area contributed by atoms with Crippen LogP contribution in [0.4, 0.5) is 0 Å². The highest BCUT2D eigenvalue weighted by molar-refractivity contribution is 7.99. The number of benzene rings is 2. The molecule has 0 unspecified atom stereocenters. The SMILES string of the molecule is O=C(CSc1nnc(-c2ccco2)o1)NC(c1ccccc1)c1ccccc1. The maximum Gasteiger partial charge on any atom is 0.284 e. The van der Waals surface area contributed by atoms with Crippen LogP contribution in [0.5, 0.6) is 0 Å². The van der Waals surface area contributed by atoms with Crippen LogP contribution < -0.4 is 5.32 Å². The van der Waals surface area contributed by atoms with Gasteiger partial charge in [-0.2, -0.15) is 0 Å². The number of carbonyl (C=O) groups excluding carboxylic acids is 1. The first kappa shape index (κ1) is 18.1. The number of aromatic nitrogens is 2. The second-order valence-electron chi connectivity index (χ2n) is 5.96. The molecule has 0 saturated carbocycles. The van der Waals surface area contributed by atoms with Crippen LogP contribution in [-0.4, -0.2) is 21.9 Å². The topological polar surface area (TPSA) is 81.2 Å². The zero-order valence-corrected chi connectivity index (χ0v) is 15.6. The highest BCUT2D eigenvalue weighted by atomic mass is 32.2. The summed E-state index contributed by atoms with van der Waals surface area (Å²) in [6.07, 6.45) is 1.53. The number of thioether (sulfide) groups is 1. The van der Waals surface area contributed by atoms with Gasteiger partial charge in [0.2, 0.25) is 5.91 Å². The van der Waals surface area contributed by atoms with E-state index in [0.717, 1.165) is 11.1 Å². The average Bonchev–Trinajstić information content (AvgIpc) is 3.43. The summed E-state index contributed by atoms with van der Waals surface area (Å²) in [4.78, 5) is 12.6. The first-order valence-electron chi connectivity index (χ1n) is 8.69. The molecule has 2 aromatic heterocycles. The minimum Gasteiger partial charge on any atom is -0.459 e. The second kappa shape index (κ2) is 8.58. The van der Waals surface area contributed by atoms with Gasteiger partial charge >= 0.3 is 0 Å². The van der Waals surface area contributed by atoms with E-state index >= 15 is 0 Å². The summed E-state index contributed by atoms with van der Waals surface area (Å²) >= 11 is 1.19. The van der Waals surface area contributed by atoms with Gasteiger partial charge in [0.25, 0.3) is 11.1 Å². The summed E-state index contributed by atoms with van der Waals surface area (Å²) in [5.74, 6) is 0.826. The van der Waals surface area contributed by atoms with E-state index in [9.17, 15) is 4.79 Å². The van der Waals surface area contributed by atoms with Crippen molar-refractivity contribution in [2.24, 2.45) is 0 Å². The molecule has 0 aliphatic heterocycles. The van der Waals surface area contributed by atoms with E-state index in [1.54, 1.807) is 12.1 Å². The van der Waals surface area contributed by atoms with E-state index < -0.39 is 0 Å². The molecule has 1 N–H and O–H groups in total. The lowest BCUT2D eigenvalue weighted by Crippen LogP contribution is -2.30. The monoisotopic (exact) mass is 391 g/mol. The molecule has 0 radical (unpaired) electrons. The third-order valence-corrected chi connectivity index (χ3v) is 4.85. The van der Waals surface area contributed by atoms with Crippen LogP contribution in [0, 0.1) is 0 Å². The fourth-order valence-electron chi connectivity index (χ4n) is 2.75. The number of hydrogen-bond donors (Lipinski definition) is 1. The molecule has 0 aliphatic rings. The summed E-state index contributed by atoms with van der Waals surface area (Å²) in [6.45, 7) is 0. The van der Waals surface area contributed by atoms with Gasteiger partial charge in [0.05, 0.1) is 18.1 Å². The van der Waals surface area contributed by atoms with Gasteiger partial charge in [0, 0.05) is 0 Å². The van der Waals surface area contributed by atoms with E-state index in [1.807, 2.05) is 60.7 Å². The molecule has 0 saturated heterocycles. The van der Waals surface area contributed by atoms with Crippen molar-refractivity contribution < 1.29 is 13.6 Å². The van der Waals surface area contributed by atoms with Gasteiger partial charge in [0.1, 0.15) is 0 Å². The van der Waals surface area contributed by atoms with Crippen molar-refractivity contribution in [3.8, 4) is 11.7 Å². The molecule has 0 aliphatic carbocycles. The molecule has 7 heteroatoms. The van der Waals surface area contributed by atoms with Gasteiger partial charge < -0.3 is 14.2 Å². The Bertz CT molecular complexity index is 978. The van der Waals surface area contributed by atoms with Crippen molar-refractivity contribution >= 4 is 17.7 Å². The van der Waals surface area contributed by atoms with Crippen LogP contribution in [0.25, 0.3) is 11.7 Å². The van der Waals surface area contributed by atoms with Crippen LogP contribution in [0.2, 0.25) is 0 Å². The van der Waals surface area contributed by atoms with Crippen LogP contribution in [0.1, 0.15) is 17.2 Å². The Morgan fingerprint density at radius 2 is 1.61 bits per heavy atom. The quantitative estimate of drug-likeness (QED) is 0.472. The van der Waals surface area contributed by atoms with Crippen molar-refractivity contribution in [1.82, 2.24) is 15.5 Å². The van der Waals surface area contributed by atoms with Gasteiger partial charge in [0.15, 0.2) is 5.76 Å². The number of furan rings is 1. The van der Waals surface area contributed by atoms with Gasteiger partial charge in [-0.25, -0.2) is 0 Å². The van der Waals surface area contributed by atoms with Gasteiger partial charge in [-0.15, -0.1) is 10.2 Å². The maximum absolute atomic E-state index is 12.6. The fraction of sp³-hybridized carbons (Fsp3) is 0.0952. The molecule has 0 bridgehead atoms. The lowest BCUT2D eigenvalue weighted by Gasteiger charge is -2.19. The predicted molar refractivity (Wildman–Crippen MR) is 106 cm³/mol. The molecule has 6 nitrogen and oxygen atoms in total. The number of amides is 1. The third kappa shape index (κ3) is 4.32. The van der Waals surface area contributed by atoms with Crippen LogP contribution in [0.3, 0.4) is 0 Å². The Kier molecular flexibility index (Phi) is 5.53. The standard InChI is InChI=1S/C21H17N3O3S/c25-18(14-28-21-24-23-20(27-21)17-12-7-13-26-17)22-19(15-8-3-1-4-9-15)16-10-5-2-6-11-16/h1-13,19H,14H2,(H,22,25). The number of hydrogen-bond acceptors (Lipinski definition) is 6. The summed E-state index contributed by atoms with van der Waals surface area (Å²) in [5.41, 5.74) is 2.04. The van der Waals surface area contributed by atoms with Crippen LogP contribution >= 0.6 is 11.8 Å². The Balaban J connectivity index is 1.42. The summed E-state index contributed by atoms with van der Waals surface area (Å²) in [7, 11) is 0. The molecule has 0 spiro atoms. The Labute approximate surface area is 166 Å².